The van der Waals surface area contributed by atoms with Crippen molar-refractivity contribution >= 4 is 17.7 Å². The van der Waals surface area contributed by atoms with Crippen molar-refractivity contribution in [3.8, 4) is 0 Å². The molecule has 150 valence electrons. The first kappa shape index (κ1) is 26.7. The zero-order chi connectivity index (χ0) is 19.2. The van der Waals surface area contributed by atoms with E-state index in [2.05, 4.69) is 6.92 Å². The molecule has 0 amide bonds. The van der Waals surface area contributed by atoms with Crippen LogP contribution in [0.1, 0.15) is 65.7 Å². The highest BCUT2D eigenvalue weighted by Crippen LogP contribution is 2.07. The fourth-order valence-electron chi connectivity index (χ4n) is 2.01. The highest BCUT2D eigenvalue weighted by atomic mass is 32.2. The van der Waals surface area contributed by atoms with E-state index in [1.54, 1.807) is 17.8 Å². The molecule has 3 N–H and O–H groups in total. The third-order valence-corrected chi connectivity index (χ3v) is 4.24. The van der Waals surface area contributed by atoms with Gasteiger partial charge in [0.2, 0.25) is 0 Å². The second-order valence-corrected chi connectivity index (χ2v) is 6.65. The van der Waals surface area contributed by atoms with E-state index in [1.807, 2.05) is 13.8 Å². The van der Waals surface area contributed by atoms with Crippen LogP contribution in [0.25, 0.3) is 0 Å². The van der Waals surface area contributed by atoms with Gasteiger partial charge in [-0.25, -0.2) is 4.79 Å². The van der Waals surface area contributed by atoms with Crippen LogP contribution in [0.4, 0.5) is 0 Å². The summed E-state index contributed by atoms with van der Waals surface area (Å²) in [6.07, 6.45) is 11.4. The Morgan fingerprint density at radius 2 is 1.68 bits per heavy atom. The zero-order valence-electron chi connectivity index (χ0n) is 16.4. The van der Waals surface area contributed by atoms with E-state index in [0.717, 1.165) is 30.9 Å². The molecule has 0 aromatic carbocycles. The van der Waals surface area contributed by atoms with Crippen molar-refractivity contribution in [3.63, 3.8) is 0 Å². The summed E-state index contributed by atoms with van der Waals surface area (Å²) in [4.78, 5) is 10.1. The molecule has 0 aromatic heterocycles. The lowest BCUT2D eigenvalue weighted by Gasteiger charge is -2.15. The SMILES string of the molecule is CCCCCCCCC=CC(=O)O.CCOC(CSCCN)OCC. The van der Waals surface area contributed by atoms with E-state index in [1.165, 1.54) is 38.2 Å². The number of carbonyl (C=O) groups is 1. The fraction of sp³-hybridized carbons (Fsp3) is 0.842. The van der Waals surface area contributed by atoms with Crippen LogP contribution in [0.15, 0.2) is 12.2 Å². The molecule has 0 fully saturated rings. The van der Waals surface area contributed by atoms with Gasteiger partial charge in [-0.05, 0) is 26.7 Å². The fourth-order valence-corrected chi connectivity index (χ4v) is 2.72. The molecule has 0 atom stereocenters. The summed E-state index contributed by atoms with van der Waals surface area (Å²) in [5.41, 5.74) is 5.36. The number of aliphatic carboxylic acids is 1. The summed E-state index contributed by atoms with van der Waals surface area (Å²) >= 11 is 1.77. The smallest absolute Gasteiger partial charge is 0.327 e. The van der Waals surface area contributed by atoms with Crippen LogP contribution in [0.2, 0.25) is 0 Å². The second kappa shape index (κ2) is 23.4. The summed E-state index contributed by atoms with van der Waals surface area (Å²) in [6.45, 7) is 8.27. The summed E-state index contributed by atoms with van der Waals surface area (Å²) in [7, 11) is 0. The van der Waals surface area contributed by atoms with Crippen molar-refractivity contribution in [1.82, 2.24) is 0 Å². The maximum atomic E-state index is 10.1. The molecule has 0 unspecified atom stereocenters. The Labute approximate surface area is 158 Å². The van der Waals surface area contributed by atoms with Crippen molar-refractivity contribution in [3.05, 3.63) is 12.2 Å². The normalized spacial score (nSPS) is 10.9. The molecule has 0 rings (SSSR count). The van der Waals surface area contributed by atoms with Gasteiger partial charge in [-0.1, -0.05) is 45.1 Å². The third-order valence-electron chi connectivity index (χ3n) is 3.21. The van der Waals surface area contributed by atoms with E-state index in [-0.39, 0.29) is 6.29 Å². The summed E-state index contributed by atoms with van der Waals surface area (Å²) in [6, 6.07) is 0. The van der Waals surface area contributed by atoms with Gasteiger partial charge in [-0.3, -0.25) is 0 Å². The van der Waals surface area contributed by atoms with Crippen LogP contribution in [0.3, 0.4) is 0 Å². The minimum Gasteiger partial charge on any atom is -0.478 e. The number of hydrogen-bond acceptors (Lipinski definition) is 5. The van der Waals surface area contributed by atoms with Gasteiger partial charge in [0.1, 0.15) is 0 Å². The minimum atomic E-state index is -0.842. The maximum Gasteiger partial charge on any atom is 0.327 e. The van der Waals surface area contributed by atoms with E-state index in [0.29, 0.717) is 13.2 Å². The summed E-state index contributed by atoms with van der Waals surface area (Å²) < 4.78 is 10.7. The molecule has 0 aliphatic carbocycles. The average Bonchev–Trinajstić information content (AvgIpc) is 2.58. The van der Waals surface area contributed by atoms with Crippen LogP contribution in [0.5, 0.6) is 0 Å². The van der Waals surface area contributed by atoms with Gasteiger partial charge in [-0.2, -0.15) is 11.8 Å². The molecule has 0 spiro atoms. The lowest BCUT2D eigenvalue weighted by molar-refractivity contribution is -0.131. The molecule has 0 aliphatic heterocycles. The van der Waals surface area contributed by atoms with Crippen molar-refractivity contribution in [1.29, 1.82) is 0 Å². The van der Waals surface area contributed by atoms with Crippen molar-refractivity contribution in [2.45, 2.75) is 72.0 Å². The number of rotatable bonds is 16. The first-order valence-corrected chi connectivity index (χ1v) is 10.7. The van der Waals surface area contributed by atoms with Crippen LogP contribution in [0, 0.1) is 0 Å². The van der Waals surface area contributed by atoms with Gasteiger partial charge in [0.25, 0.3) is 0 Å². The molecule has 5 nitrogen and oxygen atoms in total. The van der Waals surface area contributed by atoms with Gasteiger partial charge in [0.05, 0.1) is 0 Å². The largest absolute Gasteiger partial charge is 0.478 e. The van der Waals surface area contributed by atoms with E-state index >= 15 is 0 Å². The summed E-state index contributed by atoms with van der Waals surface area (Å²) in [5.74, 6) is 1.00. The van der Waals surface area contributed by atoms with Gasteiger partial charge in [0, 0.05) is 37.3 Å². The Balaban J connectivity index is 0. The Morgan fingerprint density at radius 1 is 1.08 bits per heavy atom. The lowest BCUT2D eigenvalue weighted by Crippen LogP contribution is -2.20. The number of nitrogens with two attached hydrogens (primary N) is 1. The number of carboxylic acid groups (broad SMARTS) is 1. The molecule has 6 heteroatoms. The first-order chi connectivity index (χ1) is 12.1. The molecule has 25 heavy (non-hydrogen) atoms. The van der Waals surface area contributed by atoms with Gasteiger partial charge < -0.3 is 20.3 Å². The number of unbranched alkanes of at least 4 members (excludes halogenated alkanes) is 6. The number of hydrogen-bond donors (Lipinski definition) is 2. The number of allylic oxidation sites excluding steroid dienone is 1. The number of carboxylic acids is 1. The second-order valence-electron chi connectivity index (χ2n) is 5.50. The van der Waals surface area contributed by atoms with Crippen LogP contribution in [-0.2, 0) is 14.3 Å². The predicted octanol–water partition coefficient (Wildman–Crippen LogP) is 4.46. The van der Waals surface area contributed by atoms with Gasteiger partial charge in [-0.15, -0.1) is 0 Å². The van der Waals surface area contributed by atoms with Crippen molar-refractivity contribution in [2.24, 2.45) is 5.73 Å². The van der Waals surface area contributed by atoms with Crippen molar-refractivity contribution < 1.29 is 19.4 Å². The first-order valence-electron chi connectivity index (χ1n) is 9.52. The molecule has 0 aliphatic rings. The Hall–Kier alpha value is -0.560. The lowest BCUT2D eigenvalue weighted by atomic mass is 10.1. The highest BCUT2D eigenvalue weighted by Gasteiger charge is 2.06. The minimum absolute atomic E-state index is 0.0588. The topological polar surface area (TPSA) is 81.8 Å². The zero-order valence-corrected chi connectivity index (χ0v) is 17.2. The number of ether oxygens (including phenoxy) is 2. The van der Waals surface area contributed by atoms with Gasteiger partial charge in [0.15, 0.2) is 6.29 Å². The third kappa shape index (κ3) is 25.8. The van der Waals surface area contributed by atoms with Crippen LogP contribution >= 0.6 is 11.8 Å². The molecule has 0 heterocycles. The highest BCUT2D eigenvalue weighted by molar-refractivity contribution is 7.99. The van der Waals surface area contributed by atoms with Crippen molar-refractivity contribution in [2.75, 3.05) is 31.3 Å². The molecule has 0 bridgehead atoms. The van der Waals surface area contributed by atoms with E-state index in [9.17, 15) is 4.79 Å². The Bertz CT molecular complexity index is 295. The predicted molar refractivity (Wildman–Crippen MR) is 108 cm³/mol. The molecule has 0 radical (unpaired) electrons. The molecule has 0 aromatic rings. The quantitative estimate of drug-likeness (QED) is 0.235. The van der Waals surface area contributed by atoms with E-state index in [4.69, 9.17) is 20.3 Å². The standard InChI is InChI=1S/C11H20O2.C8H19NO2S/c1-2-3-4-5-6-7-8-9-10-11(12)13;1-3-10-8(11-4-2)7-12-6-5-9/h9-10H,2-8H2,1H3,(H,12,13);8H,3-7,9H2,1-2H3. The monoisotopic (exact) mass is 377 g/mol. The maximum absolute atomic E-state index is 10.1. The van der Waals surface area contributed by atoms with Crippen LogP contribution in [-0.4, -0.2) is 48.6 Å². The Kier molecular flexibility index (Phi) is 25.0. The molecule has 0 saturated carbocycles. The molecular formula is C19H39NO4S. The number of thioether (sulfide) groups is 1. The molecular weight excluding hydrogens is 338 g/mol. The average molecular weight is 378 g/mol. The Morgan fingerprint density at radius 3 is 2.20 bits per heavy atom. The van der Waals surface area contributed by atoms with E-state index < -0.39 is 5.97 Å². The molecule has 0 saturated heterocycles. The van der Waals surface area contributed by atoms with Gasteiger partial charge >= 0.3 is 5.97 Å². The van der Waals surface area contributed by atoms with Crippen LogP contribution < -0.4 is 5.73 Å². The summed E-state index contributed by atoms with van der Waals surface area (Å²) in [5, 5.41) is 8.30.